The number of benzene rings is 8. The maximum absolute atomic E-state index is 4.86. The van der Waals surface area contributed by atoms with Gasteiger partial charge >= 0.3 is 0 Å². The highest BCUT2D eigenvalue weighted by Gasteiger charge is 2.17. The van der Waals surface area contributed by atoms with Gasteiger partial charge in [-0.05, 0) is 138 Å². The lowest BCUT2D eigenvalue weighted by Gasteiger charge is -2.27. The highest BCUT2D eigenvalue weighted by Crippen LogP contribution is 2.38. The van der Waals surface area contributed by atoms with Crippen molar-refractivity contribution in [2.45, 2.75) is 20.3 Å². The van der Waals surface area contributed by atoms with Crippen LogP contribution in [0.3, 0.4) is 0 Å². The van der Waals surface area contributed by atoms with Crippen LogP contribution in [0.5, 0.6) is 0 Å². The molecule has 0 N–H and O–H groups in total. The quantitative estimate of drug-likeness (QED) is 0.0959. The van der Waals surface area contributed by atoms with E-state index in [-0.39, 0.29) is 0 Å². The van der Waals surface area contributed by atoms with Gasteiger partial charge in [-0.2, -0.15) is 0 Å². The number of aromatic nitrogens is 2. The van der Waals surface area contributed by atoms with Crippen LogP contribution in [-0.2, 0) is 0 Å². The SMILES string of the molecule is C=C/C=C(\C=C)N(c1ccc(-c2ccc(-c3nc4ccccc4s3)cc2)cc1)c1ccc(-c2ccc(N(C(/C=C\C)=C/CC)c3ccc(-c4ccc(-c5nc6ccccc6s5)cc4)cc3)cc2)cc1. The van der Waals surface area contributed by atoms with E-state index in [0.29, 0.717) is 0 Å². The van der Waals surface area contributed by atoms with Gasteiger partial charge in [-0.25, -0.2) is 9.97 Å². The van der Waals surface area contributed by atoms with Crippen LogP contribution in [0, 0.1) is 0 Å². The fourth-order valence-corrected chi connectivity index (χ4v) is 10.6. The number of rotatable bonds is 15. The molecule has 0 fully saturated rings. The molecule has 6 heteroatoms. The molecule has 0 bridgehead atoms. The number of para-hydroxylation sites is 2. The number of nitrogens with zero attached hydrogens (tertiary/aromatic N) is 4. The van der Waals surface area contributed by atoms with Crippen LogP contribution in [0.15, 0.2) is 255 Å². The fourth-order valence-electron chi connectivity index (χ4n) is 8.68. The van der Waals surface area contributed by atoms with Gasteiger partial charge in [-0.3, -0.25) is 0 Å². The maximum Gasteiger partial charge on any atom is 0.124 e. The maximum atomic E-state index is 4.86. The van der Waals surface area contributed by atoms with Gasteiger partial charge in [0.2, 0.25) is 0 Å². The Kier molecular flexibility index (Phi) is 13.2. The molecule has 10 rings (SSSR count). The van der Waals surface area contributed by atoms with Gasteiger partial charge in [-0.1, -0.05) is 160 Å². The van der Waals surface area contributed by atoms with Gasteiger partial charge in [0.25, 0.3) is 0 Å². The summed E-state index contributed by atoms with van der Waals surface area (Å²) in [6.07, 6.45) is 13.2. The molecule has 334 valence electrons. The van der Waals surface area contributed by atoms with E-state index >= 15 is 0 Å². The molecular weight excluding hydrogens is 877 g/mol. The zero-order valence-electron chi connectivity index (χ0n) is 38.7. The molecule has 8 aromatic carbocycles. The summed E-state index contributed by atoms with van der Waals surface area (Å²) in [7, 11) is 0. The van der Waals surface area contributed by atoms with Crippen molar-refractivity contribution in [3.63, 3.8) is 0 Å². The first-order chi connectivity index (χ1) is 34.0. The Morgan fingerprint density at radius 2 is 0.783 bits per heavy atom. The van der Waals surface area contributed by atoms with Crippen molar-refractivity contribution in [2.24, 2.45) is 0 Å². The Labute approximate surface area is 413 Å². The van der Waals surface area contributed by atoms with Gasteiger partial charge in [-0.15, -0.1) is 22.7 Å². The summed E-state index contributed by atoms with van der Waals surface area (Å²) in [5.74, 6) is 0. The Hall–Kier alpha value is -8.16. The average molecular weight is 927 g/mol. The standard InChI is InChI=1S/C63H50N4S2/c1-5-13-52(8-4)66(54-36-28-46(29-37-54)44-20-24-50(25-21-44)62-64-58-16-9-11-18-60(58)68-62)55-38-30-48(31-39-55)49-34-42-57(43-35-49)67(53(14-6-2)15-7-3)56-40-32-47(33-41-56)45-22-26-51(27-23-45)63-65-59-17-10-12-19-61(59)69-63/h5-6,8-43H,1,4,7H2,2-3H3/b14-6-,52-13+,53-15+. The summed E-state index contributed by atoms with van der Waals surface area (Å²) in [6.45, 7) is 12.4. The summed E-state index contributed by atoms with van der Waals surface area (Å²) >= 11 is 3.45. The summed E-state index contributed by atoms with van der Waals surface area (Å²) in [4.78, 5) is 14.3. The minimum absolute atomic E-state index is 0.913. The van der Waals surface area contributed by atoms with Crippen molar-refractivity contribution < 1.29 is 0 Å². The van der Waals surface area contributed by atoms with E-state index in [4.69, 9.17) is 9.97 Å². The van der Waals surface area contributed by atoms with E-state index in [1.54, 1.807) is 28.7 Å². The van der Waals surface area contributed by atoms with Crippen molar-refractivity contribution in [1.82, 2.24) is 9.97 Å². The first-order valence-electron chi connectivity index (χ1n) is 23.2. The molecule has 0 radical (unpaired) electrons. The van der Waals surface area contributed by atoms with Gasteiger partial charge < -0.3 is 9.80 Å². The van der Waals surface area contributed by atoms with E-state index in [1.165, 1.54) is 20.5 Å². The van der Waals surface area contributed by atoms with Gasteiger partial charge in [0, 0.05) is 45.3 Å². The first kappa shape index (κ1) is 44.7. The summed E-state index contributed by atoms with van der Waals surface area (Å²) in [6, 6.07) is 69.2. The van der Waals surface area contributed by atoms with Crippen LogP contribution in [0.1, 0.15) is 20.3 Å². The Morgan fingerprint density at radius 1 is 0.449 bits per heavy atom. The molecule has 0 aliphatic heterocycles. The highest BCUT2D eigenvalue weighted by atomic mass is 32.1. The number of hydrogen-bond acceptors (Lipinski definition) is 6. The summed E-state index contributed by atoms with van der Waals surface area (Å²) in [5.41, 5.74) is 17.5. The van der Waals surface area contributed by atoms with E-state index in [9.17, 15) is 0 Å². The molecule has 0 aliphatic rings. The van der Waals surface area contributed by atoms with E-state index in [0.717, 1.165) is 95.0 Å². The normalized spacial score (nSPS) is 11.9. The second kappa shape index (κ2) is 20.4. The Morgan fingerprint density at radius 3 is 1.10 bits per heavy atom. The lowest BCUT2D eigenvalue weighted by atomic mass is 10.0. The van der Waals surface area contributed by atoms with Crippen LogP contribution in [0.2, 0.25) is 0 Å². The first-order valence-corrected chi connectivity index (χ1v) is 24.8. The van der Waals surface area contributed by atoms with Crippen molar-refractivity contribution in [3.05, 3.63) is 255 Å². The predicted octanol–water partition coefficient (Wildman–Crippen LogP) is 18.6. The largest absolute Gasteiger partial charge is 0.311 e. The summed E-state index contributed by atoms with van der Waals surface area (Å²) < 4.78 is 2.40. The van der Waals surface area contributed by atoms with Gasteiger partial charge in [0.05, 0.1) is 20.4 Å². The average Bonchev–Trinajstić information content (AvgIpc) is 4.05. The van der Waals surface area contributed by atoms with Crippen LogP contribution >= 0.6 is 22.7 Å². The number of anilines is 4. The molecule has 4 nitrogen and oxygen atoms in total. The van der Waals surface area contributed by atoms with Gasteiger partial charge in [0.15, 0.2) is 0 Å². The van der Waals surface area contributed by atoms with Crippen molar-refractivity contribution in [3.8, 4) is 54.5 Å². The minimum atomic E-state index is 0.913. The molecule has 0 spiro atoms. The van der Waals surface area contributed by atoms with Crippen LogP contribution < -0.4 is 9.80 Å². The number of fused-ring (bicyclic) bond motifs is 2. The van der Waals surface area contributed by atoms with Crippen molar-refractivity contribution in [2.75, 3.05) is 9.80 Å². The van der Waals surface area contributed by atoms with Crippen LogP contribution in [-0.4, -0.2) is 9.97 Å². The zero-order valence-corrected chi connectivity index (χ0v) is 40.3. The smallest absolute Gasteiger partial charge is 0.124 e. The van der Waals surface area contributed by atoms with Crippen molar-refractivity contribution >= 4 is 65.9 Å². The monoisotopic (exact) mass is 926 g/mol. The van der Waals surface area contributed by atoms with Crippen LogP contribution in [0.25, 0.3) is 75.0 Å². The molecule has 0 unspecified atom stereocenters. The van der Waals surface area contributed by atoms with E-state index in [2.05, 4.69) is 237 Å². The molecule has 2 aromatic heterocycles. The van der Waals surface area contributed by atoms with E-state index < -0.39 is 0 Å². The number of allylic oxidation sites excluding steroid dienone is 6. The fraction of sp³-hybridized carbons (Fsp3) is 0.0476. The third kappa shape index (κ3) is 9.54. The molecule has 0 aliphatic carbocycles. The lowest BCUT2D eigenvalue weighted by Crippen LogP contribution is -2.15. The number of thiazole rings is 2. The lowest BCUT2D eigenvalue weighted by molar-refractivity contribution is 1.13. The second-order valence-electron chi connectivity index (χ2n) is 16.6. The molecule has 0 amide bonds. The molecule has 0 saturated heterocycles. The molecule has 69 heavy (non-hydrogen) atoms. The van der Waals surface area contributed by atoms with Gasteiger partial charge in [0.1, 0.15) is 10.0 Å². The molecule has 0 saturated carbocycles. The molecular formula is C63H50N4S2. The molecule has 2 heterocycles. The Bertz CT molecular complexity index is 3420. The molecule has 0 atom stereocenters. The third-order valence-corrected chi connectivity index (χ3v) is 14.3. The zero-order chi connectivity index (χ0) is 47.1. The third-order valence-electron chi connectivity index (χ3n) is 12.1. The summed E-state index contributed by atoms with van der Waals surface area (Å²) in [5, 5.41) is 2.07. The Balaban J connectivity index is 0.876. The van der Waals surface area contributed by atoms with Crippen molar-refractivity contribution in [1.29, 1.82) is 0 Å². The predicted molar refractivity (Wildman–Crippen MR) is 299 cm³/mol. The van der Waals surface area contributed by atoms with E-state index in [1.807, 2.05) is 24.3 Å². The second-order valence-corrected chi connectivity index (χ2v) is 18.6. The minimum Gasteiger partial charge on any atom is -0.311 e. The highest BCUT2D eigenvalue weighted by molar-refractivity contribution is 7.22. The van der Waals surface area contributed by atoms with Crippen LogP contribution in [0.4, 0.5) is 22.7 Å². The topological polar surface area (TPSA) is 32.3 Å². The molecule has 10 aromatic rings. The number of hydrogen-bond donors (Lipinski definition) is 0.